The number of benzene rings is 3. The fraction of sp³-hybridized carbons (Fsp3) is 0.425. The molecule has 13 heteroatoms. The first-order chi connectivity index (χ1) is 25.6. The molecule has 3 aliphatic rings. The zero-order valence-electron chi connectivity index (χ0n) is 30.4. The molecule has 1 saturated carbocycles. The molecule has 1 N–H and O–H groups in total. The Labute approximate surface area is 306 Å². The molecule has 53 heavy (non-hydrogen) atoms. The van der Waals surface area contributed by atoms with Crippen LogP contribution in [0.15, 0.2) is 48.5 Å². The van der Waals surface area contributed by atoms with E-state index in [2.05, 4.69) is 16.0 Å². The molecule has 3 aromatic carbocycles. The van der Waals surface area contributed by atoms with Gasteiger partial charge in [-0.15, -0.1) is 0 Å². The minimum Gasteiger partial charge on any atom is -0.497 e. The van der Waals surface area contributed by atoms with Crippen LogP contribution in [0.2, 0.25) is 0 Å². The smallest absolute Gasteiger partial charge is 0.497 e. The summed E-state index contributed by atoms with van der Waals surface area (Å²) < 4.78 is 52.1. The van der Waals surface area contributed by atoms with Crippen LogP contribution in [-0.2, 0) is 32.0 Å². The maximum atomic E-state index is 13.8. The molecule has 12 nitrogen and oxygen atoms in total. The molecular formula is C40H43FN2O10. The Hall–Kier alpha value is -5.30. The molecule has 0 radical (unpaired) electrons. The van der Waals surface area contributed by atoms with Crippen molar-refractivity contribution in [2.75, 3.05) is 41.5 Å². The number of piperidine rings is 1. The highest BCUT2D eigenvalue weighted by Crippen LogP contribution is 2.50. The lowest BCUT2D eigenvalue weighted by Gasteiger charge is -2.51. The van der Waals surface area contributed by atoms with Crippen LogP contribution >= 0.6 is 0 Å². The number of carbonyl (C=O) groups is 3. The number of aryl methyl sites for hydroxylation is 1. The topological polar surface area (TPSA) is 135 Å². The first-order valence-corrected chi connectivity index (χ1v) is 17.7. The summed E-state index contributed by atoms with van der Waals surface area (Å²) in [5.74, 6) is -0.937. The van der Waals surface area contributed by atoms with Crippen LogP contribution in [-0.4, -0.2) is 75.6 Å². The van der Waals surface area contributed by atoms with Gasteiger partial charge < -0.3 is 38.1 Å². The Morgan fingerprint density at radius 3 is 2.40 bits per heavy atom. The monoisotopic (exact) mass is 730 g/mol. The highest BCUT2D eigenvalue weighted by molar-refractivity contribution is 5.91. The van der Waals surface area contributed by atoms with E-state index < -0.39 is 30.0 Å². The summed E-state index contributed by atoms with van der Waals surface area (Å²) in [6.07, 6.45) is 0.990. The van der Waals surface area contributed by atoms with Crippen molar-refractivity contribution in [3.8, 4) is 23.0 Å². The number of fused-ring (bicyclic) bond motifs is 6. The van der Waals surface area contributed by atoms with Gasteiger partial charge in [-0.2, -0.15) is 0 Å². The third-order valence-electron chi connectivity index (χ3n) is 10.9. The first-order valence-electron chi connectivity index (χ1n) is 17.7. The van der Waals surface area contributed by atoms with E-state index in [1.807, 2.05) is 12.1 Å². The van der Waals surface area contributed by atoms with Crippen molar-refractivity contribution in [1.82, 2.24) is 9.88 Å². The van der Waals surface area contributed by atoms with Gasteiger partial charge in [-0.1, -0.05) is 6.07 Å². The van der Waals surface area contributed by atoms with Gasteiger partial charge in [-0.25, -0.2) is 14.0 Å². The number of rotatable bonds is 9. The molecule has 3 heterocycles. The highest BCUT2D eigenvalue weighted by Gasteiger charge is 2.49. The van der Waals surface area contributed by atoms with Gasteiger partial charge in [-0.05, 0) is 97.5 Å². The maximum Gasteiger partial charge on any atom is 0.514 e. The number of nitrogens with zero attached hydrogens (tertiary/aromatic N) is 1. The quantitative estimate of drug-likeness (QED) is 0.112. The van der Waals surface area contributed by atoms with E-state index >= 15 is 0 Å². The second kappa shape index (κ2) is 15.0. The van der Waals surface area contributed by atoms with Crippen molar-refractivity contribution in [2.24, 2.45) is 17.8 Å². The normalized spacial score (nSPS) is 22.1. The van der Waals surface area contributed by atoms with Crippen molar-refractivity contribution in [3.05, 3.63) is 82.3 Å². The number of halogens is 1. The van der Waals surface area contributed by atoms with Gasteiger partial charge >= 0.3 is 18.1 Å². The minimum absolute atomic E-state index is 0.0317. The zero-order valence-corrected chi connectivity index (χ0v) is 30.4. The van der Waals surface area contributed by atoms with E-state index in [0.717, 1.165) is 37.2 Å². The second-order valence-electron chi connectivity index (χ2n) is 14.0. The van der Waals surface area contributed by atoms with Crippen molar-refractivity contribution in [2.45, 2.75) is 51.4 Å². The molecule has 280 valence electrons. The van der Waals surface area contributed by atoms with Crippen LogP contribution in [0, 0.1) is 30.5 Å². The van der Waals surface area contributed by atoms with E-state index in [4.69, 9.17) is 33.2 Å². The first kappa shape index (κ1) is 36.1. The summed E-state index contributed by atoms with van der Waals surface area (Å²) in [4.78, 5) is 45.7. The Morgan fingerprint density at radius 1 is 0.925 bits per heavy atom. The predicted octanol–water partition coefficient (Wildman–Crippen LogP) is 6.70. The van der Waals surface area contributed by atoms with Crippen molar-refractivity contribution in [1.29, 1.82) is 0 Å². The highest BCUT2D eigenvalue weighted by atomic mass is 19.1. The number of ether oxygens (including phenoxy) is 7. The molecule has 5 unspecified atom stereocenters. The van der Waals surface area contributed by atoms with Crippen LogP contribution in [0.4, 0.5) is 9.18 Å². The molecule has 0 amide bonds. The van der Waals surface area contributed by atoms with Gasteiger partial charge in [-0.3, -0.25) is 9.69 Å². The summed E-state index contributed by atoms with van der Waals surface area (Å²) in [5.41, 5.74) is 4.79. The third kappa shape index (κ3) is 7.22. The van der Waals surface area contributed by atoms with Crippen molar-refractivity contribution >= 4 is 29.0 Å². The second-order valence-corrected chi connectivity index (χ2v) is 14.0. The van der Waals surface area contributed by atoms with Gasteiger partial charge in [0.05, 0.1) is 46.0 Å². The van der Waals surface area contributed by atoms with Gasteiger partial charge in [0.15, 0.2) is 11.5 Å². The molecular weight excluding hydrogens is 687 g/mol. The third-order valence-corrected chi connectivity index (χ3v) is 10.9. The van der Waals surface area contributed by atoms with E-state index in [1.54, 1.807) is 20.1 Å². The maximum absolute atomic E-state index is 13.8. The summed E-state index contributed by atoms with van der Waals surface area (Å²) in [6.45, 7) is 3.16. The van der Waals surface area contributed by atoms with Crippen molar-refractivity contribution in [3.63, 3.8) is 0 Å². The Morgan fingerprint density at radius 2 is 1.70 bits per heavy atom. The molecule has 1 aliphatic carbocycles. The fourth-order valence-corrected chi connectivity index (χ4v) is 8.52. The molecule has 2 fully saturated rings. The lowest BCUT2D eigenvalue weighted by atomic mass is 9.65. The molecule has 0 spiro atoms. The number of esters is 2. The van der Waals surface area contributed by atoms with Crippen LogP contribution in [0.1, 0.15) is 58.0 Å². The largest absolute Gasteiger partial charge is 0.514 e. The van der Waals surface area contributed by atoms with Gasteiger partial charge in [0.2, 0.25) is 5.75 Å². The van der Waals surface area contributed by atoms with Crippen LogP contribution < -0.4 is 18.9 Å². The number of carbonyl (C=O) groups excluding carboxylic acids is 3. The minimum atomic E-state index is -1.08. The molecule has 7 rings (SSSR count). The van der Waals surface area contributed by atoms with Crippen LogP contribution in [0.3, 0.4) is 0 Å². The summed E-state index contributed by atoms with van der Waals surface area (Å²) in [6, 6.07) is 13.3. The standard InChI is InChI=1S/C40H43FN2O10/c1-21-10-22(12-25(41)11-21)20-51-40(46)53-37-34(48-3)14-23(15-35(37)49-4)38(44)52-27-13-24-19-43-9-8-29-28-7-6-26(47-2)17-32(28)42-36(29)33(43)18-30(24)31(16-27)39(45)50-5/h6-7,10-12,14-15,17,24,27,30-31,33,42H,8-9,13,16,18-20H2,1-5H3. The van der Waals surface area contributed by atoms with E-state index in [0.29, 0.717) is 24.0 Å². The van der Waals surface area contributed by atoms with Crippen molar-refractivity contribution < 1.29 is 51.9 Å². The van der Waals surface area contributed by atoms with E-state index in [1.165, 1.54) is 62.2 Å². The molecule has 2 aliphatic heterocycles. The van der Waals surface area contributed by atoms with E-state index in [9.17, 15) is 18.8 Å². The average molecular weight is 731 g/mol. The van der Waals surface area contributed by atoms with E-state index in [-0.39, 0.29) is 53.3 Å². The lowest BCUT2D eigenvalue weighted by molar-refractivity contribution is -0.155. The Bertz CT molecular complexity index is 2000. The zero-order chi connectivity index (χ0) is 37.4. The summed E-state index contributed by atoms with van der Waals surface area (Å²) in [7, 11) is 5.76. The Balaban J connectivity index is 1.05. The number of methoxy groups -OCH3 is 4. The van der Waals surface area contributed by atoms with Gasteiger partial charge in [0, 0.05) is 35.8 Å². The number of aromatic amines is 1. The fourth-order valence-electron chi connectivity index (χ4n) is 8.52. The van der Waals surface area contributed by atoms with Crippen LogP contribution in [0.25, 0.3) is 10.9 Å². The Kier molecular flexibility index (Phi) is 10.2. The summed E-state index contributed by atoms with van der Waals surface area (Å²) in [5, 5.41) is 1.20. The molecule has 1 saturated heterocycles. The number of aromatic nitrogens is 1. The SMILES string of the molecule is COC(=O)C1CC(OC(=O)c2cc(OC)c(OC(=O)OCc3cc(C)cc(F)c3)c(OC)c2)CC2CN3CCc4c([nH]c5cc(OC)ccc45)C3CC21. The molecule has 5 atom stereocenters. The molecule has 1 aromatic heterocycles. The van der Waals surface area contributed by atoms with Crippen LogP contribution in [0.5, 0.6) is 23.0 Å². The van der Waals surface area contributed by atoms with Gasteiger partial charge in [0.25, 0.3) is 0 Å². The molecule has 4 aromatic rings. The lowest BCUT2D eigenvalue weighted by Crippen LogP contribution is -2.52. The number of hydrogen-bond donors (Lipinski definition) is 1. The number of nitrogens with one attached hydrogen (secondary N) is 1. The number of hydrogen-bond acceptors (Lipinski definition) is 11. The predicted molar refractivity (Wildman–Crippen MR) is 190 cm³/mol. The number of H-pyrrole nitrogens is 1. The average Bonchev–Trinajstić information content (AvgIpc) is 3.53. The van der Waals surface area contributed by atoms with Gasteiger partial charge in [0.1, 0.15) is 24.3 Å². The summed E-state index contributed by atoms with van der Waals surface area (Å²) >= 11 is 0. The molecule has 0 bridgehead atoms.